The lowest BCUT2D eigenvalue weighted by molar-refractivity contribution is 0.0948. The zero-order chi connectivity index (χ0) is 13.2. The Morgan fingerprint density at radius 1 is 1.42 bits per heavy atom. The summed E-state index contributed by atoms with van der Waals surface area (Å²) in [6.45, 7) is 0.507. The van der Waals surface area contributed by atoms with Crippen LogP contribution in [0.2, 0.25) is 0 Å². The molecule has 1 aromatic carbocycles. The first-order chi connectivity index (χ1) is 9.24. The molecule has 96 valence electrons. The average molecular weight is 272 g/mol. The van der Waals surface area contributed by atoms with E-state index in [-0.39, 0.29) is 5.91 Å². The van der Waals surface area contributed by atoms with Crippen LogP contribution < -0.4 is 11.1 Å². The van der Waals surface area contributed by atoms with Gasteiger partial charge in [-0.25, -0.2) is 0 Å². The number of H-pyrrole nitrogens is 1. The third kappa shape index (κ3) is 2.30. The molecular formula is C13H12N4OS. The summed E-state index contributed by atoms with van der Waals surface area (Å²) in [4.78, 5) is 13.2. The van der Waals surface area contributed by atoms with Crippen LogP contribution in [0.15, 0.2) is 35.7 Å². The van der Waals surface area contributed by atoms with Gasteiger partial charge in [0, 0.05) is 16.0 Å². The Morgan fingerprint density at radius 2 is 2.32 bits per heavy atom. The van der Waals surface area contributed by atoms with Crippen LogP contribution in [0.4, 0.5) is 5.69 Å². The third-order valence-electron chi connectivity index (χ3n) is 2.81. The van der Waals surface area contributed by atoms with Gasteiger partial charge in [0.1, 0.15) is 0 Å². The molecule has 2 heterocycles. The van der Waals surface area contributed by atoms with Crippen molar-refractivity contribution in [1.29, 1.82) is 0 Å². The molecule has 4 N–H and O–H groups in total. The maximum absolute atomic E-state index is 12.1. The average Bonchev–Trinajstić information content (AvgIpc) is 3.04. The van der Waals surface area contributed by atoms with Gasteiger partial charge in [0.15, 0.2) is 5.69 Å². The molecule has 5 nitrogen and oxygen atoms in total. The van der Waals surface area contributed by atoms with Crippen LogP contribution >= 0.6 is 11.3 Å². The van der Waals surface area contributed by atoms with Crippen molar-refractivity contribution < 1.29 is 4.79 Å². The van der Waals surface area contributed by atoms with Crippen molar-refractivity contribution in [2.75, 3.05) is 5.73 Å². The molecule has 19 heavy (non-hydrogen) atoms. The van der Waals surface area contributed by atoms with E-state index in [2.05, 4.69) is 15.5 Å². The molecule has 0 saturated carbocycles. The van der Waals surface area contributed by atoms with Gasteiger partial charge < -0.3 is 11.1 Å². The molecular weight excluding hydrogens is 260 g/mol. The van der Waals surface area contributed by atoms with E-state index in [1.807, 2.05) is 23.6 Å². The third-order valence-corrected chi connectivity index (χ3v) is 3.68. The predicted molar refractivity (Wildman–Crippen MR) is 76.0 cm³/mol. The summed E-state index contributed by atoms with van der Waals surface area (Å²) in [6, 6.07) is 9.27. The molecule has 1 amide bonds. The molecule has 0 radical (unpaired) electrons. The molecule has 0 bridgehead atoms. The van der Waals surface area contributed by atoms with Crippen molar-refractivity contribution in [2.45, 2.75) is 6.54 Å². The van der Waals surface area contributed by atoms with Crippen molar-refractivity contribution in [3.05, 3.63) is 46.3 Å². The van der Waals surface area contributed by atoms with Gasteiger partial charge in [0.05, 0.1) is 12.1 Å². The zero-order valence-corrected chi connectivity index (χ0v) is 10.8. The van der Waals surface area contributed by atoms with E-state index < -0.39 is 0 Å². The fourth-order valence-electron chi connectivity index (χ4n) is 1.87. The minimum atomic E-state index is -0.203. The molecule has 0 unspecified atom stereocenters. The molecule has 0 aliphatic rings. The van der Waals surface area contributed by atoms with Crippen LogP contribution in [-0.2, 0) is 6.54 Å². The van der Waals surface area contributed by atoms with Gasteiger partial charge in [-0.1, -0.05) is 6.07 Å². The number of nitrogens with zero attached hydrogens (tertiary/aromatic N) is 1. The van der Waals surface area contributed by atoms with Gasteiger partial charge in [-0.2, -0.15) is 5.10 Å². The quantitative estimate of drug-likeness (QED) is 0.639. The lowest BCUT2D eigenvalue weighted by Crippen LogP contribution is -2.22. The number of rotatable bonds is 3. The number of nitrogens with two attached hydrogens (primary N) is 1. The zero-order valence-electron chi connectivity index (χ0n) is 10.0. The minimum absolute atomic E-state index is 0.203. The lowest BCUT2D eigenvalue weighted by Gasteiger charge is -2.01. The summed E-state index contributed by atoms with van der Waals surface area (Å²) in [5, 5.41) is 12.4. The van der Waals surface area contributed by atoms with Gasteiger partial charge in [-0.3, -0.25) is 9.89 Å². The second-order valence-corrected chi connectivity index (χ2v) is 5.17. The Kier molecular flexibility index (Phi) is 2.92. The Labute approximate surface area is 113 Å². The number of hydrogen-bond acceptors (Lipinski definition) is 4. The molecule has 0 aliphatic carbocycles. The topological polar surface area (TPSA) is 83.8 Å². The number of nitrogen functional groups attached to an aromatic ring is 1. The molecule has 0 fully saturated rings. The van der Waals surface area contributed by atoms with E-state index in [0.29, 0.717) is 17.9 Å². The van der Waals surface area contributed by atoms with Crippen molar-refractivity contribution in [3.8, 4) is 0 Å². The number of carbonyl (C=O) groups excluding carboxylic acids is 1. The SMILES string of the molecule is Nc1ccc2[nH]nc(C(=O)NCc3cccs3)c2c1. The number of carbonyl (C=O) groups is 1. The summed E-state index contributed by atoms with van der Waals surface area (Å²) < 4.78 is 0. The highest BCUT2D eigenvalue weighted by atomic mass is 32.1. The molecule has 2 aromatic heterocycles. The van der Waals surface area contributed by atoms with E-state index in [4.69, 9.17) is 5.73 Å². The van der Waals surface area contributed by atoms with Crippen LogP contribution in [0.1, 0.15) is 15.4 Å². The second-order valence-electron chi connectivity index (χ2n) is 4.14. The van der Waals surface area contributed by atoms with E-state index in [1.54, 1.807) is 23.5 Å². The van der Waals surface area contributed by atoms with Gasteiger partial charge in [0.2, 0.25) is 0 Å². The number of aromatic nitrogens is 2. The molecule has 0 spiro atoms. The lowest BCUT2D eigenvalue weighted by atomic mass is 10.2. The van der Waals surface area contributed by atoms with Crippen LogP contribution in [0.5, 0.6) is 0 Å². The number of hydrogen-bond donors (Lipinski definition) is 3. The Bertz CT molecular complexity index is 717. The van der Waals surface area contributed by atoms with Gasteiger partial charge in [-0.05, 0) is 29.6 Å². The summed E-state index contributed by atoms with van der Waals surface area (Å²) in [6.07, 6.45) is 0. The monoisotopic (exact) mass is 272 g/mol. The molecule has 3 aromatic rings. The Morgan fingerprint density at radius 3 is 3.11 bits per heavy atom. The normalized spacial score (nSPS) is 10.7. The standard InChI is InChI=1S/C13H12N4OS/c14-8-3-4-11-10(6-8)12(17-16-11)13(18)15-7-9-2-1-5-19-9/h1-6H,7,14H2,(H,15,18)(H,16,17). The number of benzene rings is 1. The Hall–Kier alpha value is -2.34. The van der Waals surface area contributed by atoms with Crippen LogP contribution in [0.25, 0.3) is 10.9 Å². The first-order valence-electron chi connectivity index (χ1n) is 5.78. The summed E-state index contributed by atoms with van der Waals surface area (Å²) in [5.74, 6) is -0.203. The van der Waals surface area contributed by atoms with Gasteiger partial charge in [-0.15, -0.1) is 11.3 Å². The van der Waals surface area contributed by atoms with Crippen molar-refractivity contribution in [1.82, 2.24) is 15.5 Å². The molecule has 0 aliphatic heterocycles. The van der Waals surface area contributed by atoms with Crippen molar-refractivity contribution in [3.63, 3.8) is 0 Å². The Balaban J connectivity index is 1.83. The summed E-state index contributed by atoms with van der Waals surface area (Å²) in [5.41, 5.74) is 7.52. The molecule has 0 atom stereocenters. The fraction of sp³-hybridized carbons (Fsp3) is 0.0769. The van der Waals surface area contributed by atoms with Crippen LogP contribution in [0.3, 0.4) is 0 Å². The number of anilines is 1. The highest BCUT2D eigenvalue weighted by molar-refractivity contribution is 7.09. The van der Waals surface area contributed by atoms with Gasteiger partial charge >= 0.3 is 0 Å². The number of amides is 1. The maximum Gasteiger partial charge on any atom is 0.272 e. The number of aromatic amines is 1. The molecule has 3 rings (SSSR count). The fourth-order valence-corrected chi connectivity index (χ4v) is 2.51. The van der Waals surface area contributed by atoms with Crippen LogP contribution in [0, 0.1) is 0 Å². The smallest absolute Gasteiger partial charge is 0.272 e. The minimum Gasteiger partial charge on any atom is -0.399 e. The van der Waals surface area contributed by atoms with Crippen molar-refractivity contribution in [2.24, 2.45) is 0 Å². The highest BCUT2D eigenvalue weighted by Gasteiger charge is 2.14. The molecule has 6 heteroatoms. The largest absolute Gasteiger partial charge is 0.399 e. The van der Waals surface area contributed by atoms with E-state index in [1.165, 1.54) is 0 Å². The number of thiophene rings is 1. The number of nitrogens with one attached hydrogen (secondary N) is 2. The highest BCUT2D eigenvalue weighted by Crippen LogP contribution is 2.19. The molecule has 0 saturated heterocycles. The predicted octanol–water partition coefficient (Wildman–Crippen LogP) is 2.14. The maximum atomic E-state index is 12.1. The first-order valence-corrected chi connectivity index (χ1v) is 6.66. The first kappa shape index (κ1) is 11.7. The summed E-state index contributed by atoms with van der Waals surface area (Å²) >= 11 is 1.61. The van der Waals surface area contributed by atoms with E-state index in [0.717, 1.165) is 15.8 Å². The summed E-state index contributed by atoms with van der Waals surface area (Å²) in [7, 11) is 0. The second kappa shape index (κ2) is 4.74. The van der Waals surface area contributed by atoms with E-state index in [9.17, 15) is 4.79 Å². The van der Waals surface area contributed by atoms with Crippen LogP contribution in [-0.4, -0.2) is 16.1 Å². The number of fused-ring (bicyclic) bond motifs is 1. The van der Waals surface area contributed by atoms with E-state index >= 15 is 0 Å². The van der Waals surface area contributed by atoms with Crippen molar-refractivity contribution >= 4 is 33.8 Å². The van der Waals surface area contributed by atoms with Gasteiger partial charge in [0.25, 0.3) is 5.91 Å².